The van der Waals surface area contributed by atoms with Gasteiger partial charge < -0.3 is 14.6 Å². The van der Waals surface area contributed by atoms with Crippen LogP contribution in [0.3, 0.4) is 0 Å². The predicted molar refractivity (Wildman–Crippen MR) is 96.8 cm³/mol. The number of benzene rings is 1. The molecule has 7 nitrogen and oxygen atoms in total. The summed E-state index contributed by atoms with van der Waals surface area (Å²) in [5, 5.41) is 17.0. The number of carbonyl (C=O) groups is 1. The Morgan fingerprint density at radius 1 is 1.38 bits per heavy atom. The normalized spacial score (nSPS) is 20.2. The molecule has 1 amide bonds. The van der Waals surface area contributed by atoms with Gasteiger partial charge in [0.05, 0.1) is 23.9 Å². The lowest BCUT2D eigenvalue weighted by atomic mass is 10.1. The van der Waals surface area contributed by atoms with Crippen LogP contribution in [-0.4, -0.2) is 33.7 Å². The maximum Gasteiger partial charge on any atom is 0.413 e. The number of anilines is 1. The number of hydrogen-bond donors (Lipinski definition) is 2. The van der Waals surface area contributed by atoms with Crippen molar-refractivity contribution >= 4 is 11.9 Å². The molecular formula is C19H25N3O4. The minimum Gasteiger partial charge on any atom is -0.444 e. The van der Waals surface area contributed by atoms with Crippen molar-refractivity contribution in [3.05, 3.63) is 47.7 Å². The van der Waals surface area contributed by atoms with Crippen LogP contribution in [0.5, 0.6) is 0 Å². The van der Waals surface area contributed by atoms with E-state index in [4.69, 9.17) is 9.47 Å². The third-order valence-corrected chi connectivity index (χ3v) is 4.11. The van der Waals surface area contributed by atoms with Crippen molar-refractivity contribution in [1.29, 1.82) is 0 Å². The molecule has 1 aromatic heterocycles. The van der Waals surface area contributed by atoms with Crippen LogP contribution >= 0.6 is 0 Å². The van der Waals surface area contributed by atoms with Gasteiger partial charge in [0.2, 0.25) is 0 Å². The smallest absolute Gasteiger partial charge is 0.413 e. The highest BCUT2D eigenvalue weighted by atomic mass is 16.5. The second-order valence-electron chi connectivity index (χ2n) is 7.44. The molecule has 0 saturated carbocycles. The van der Waals surface area contributed by atoms with Crippen LogP contribution in [0.4, 0.5) is 10.6 Å². The van der Waals surface area contributed by atoms with Gasteiger partial charge in [-0.25, -0.2) is 9.48 Å². The second kappa shape index (κ2) is 7.47. The summed E-state index contributed by atoms with van der Waals surface area (Å²) in [7, 11) is 0. The minimum atomic E-state index is -0.543. The molecule has 0 aliphatic carbocycles. The van der Waals surface area contributed by atoms with Crippen LogP contribution in [0.15, 0.2) is 36.4 Å². The first-order valence-electron chi connectivity index (χ1n) is 8.71. The van der Waals surface area contributed by atoms with Gasteiger partial charge in [0.25, 0.3) is 0 Å². The average Bonchev–Trinajstić information content (AvgIpc) is 3.20. The summed E-state index contributed by atoms with van der Waals surface area (Å²) in [6.07, 6.45) is -0.793. The van der Waals surface area contributed by atoms with E-state index in [-0.39, 0.29) is 18.2 Å². The molecule has 1 aliphatic heterocycles. The lowest BCUT2D eigenvalue weighted by Crippen LogP contribution is -2.27. The van der Waals surface area contributed by atoms with Gasteiger partial charge in [-0.2, -0.15) is 5.10 Å². The fourth-order valence-corrected chi connectivity index (χ4v) is 2.84. The van der Waals surface area contributed by atoms with Crippen LogP contribution in [0, 0.1) is 0 Å². The van der Waals surface area contributed by atoms with Crippen molar-refractivity contribution in [3.8, 4) is 0 Å². The summed E-state index contributed by atoms with van der Waals surface area (Å²) in [5.74, 6) is 0.538. The molecular weight excluding hydrogens is 334 g/mol. The van der Waals surface area contributed by atoms with Crippen LogP contribution in [0.2, 0.25) is 0 Å². The summed E-state index contributed by atoms with van der Waals surface area (Å²) in [5.41, 5.74) is 1.27. The summed E-state index contributed by atoms with van der Waals surface area (Å²) in [4.78, 5) is 12.2. The van der Waals surface area contributed by atoms with Crippen molar-refractivity contribution in [1.82, 2.24) is 9.78 Å². The highest BCUT2D eigenvalue weighted by Gasteiger charge is 2.30. The lowest BCUT2D eigenvalue weighted by molar-refractivity contribution is 0.0860. The summed E-state index contributed by atoms with van der Waals surface area (Å²) in [6, 6.07) is 11.3. The Balaban J connectivity index is 1.71. The Labute approximate surface area is 152 Å². The number of nitrogens with zero attached hydrogens (tertiary/aromatic N) is 2. The van der Waals surface area contributed by atoms with Gasteiger partial charge in [-0.1, -0.05) is 30.3 Å². The Morgan fingerprint density at radius 2 is 2.12 bits per heavy atom. The van der Waals surface area contributed by atoms with Gasteiger partial charge in [-0.05, 0) is 26.3 Å². The molecule has 2 N–H and O–H groups in total. The number of aliphatic hydroxyl groups is 1. The molecule has 0 bridgehead atoms. The largest absolute Gasteiger partial charge is 0.444 e. The molecule has 140 valence electrons. The molecule has 1 aromatic carbocycles. The van der Waals surface area contributed by atoms with Gasteiger partial charge in [0.1, 0.15) is 18.5 Å². The molecule has 2 heterocycles. The standard InChI is InChI=1S/C19H25N3O4/c1-19(2,3)22-17(10-15(21-22)16-9-14(23)12-25-16)20-18(24)26-11-13-7-5-4-6-8-13/h4-8,10,14,16,23H,9,11-12H2,1-3H3,(H,20,24)/t14-,16-/m1/s1. The number of aliphatic hydroxyl groups excluding tert-OH is 1. The zero-order valence-electron chi connectivity index (χ0n) is 15.3. The first-order chi connectivity index (χ1) is 12.3. The number of aromatic nitrogens is 2. The van der Waals surface area contributed by atoms with Crippen molar-refractivity contribution in [2.75, 3.05) is 11.9 Å². The maximum atomic E-state index is 12.2. The number of amides is 1. The molecule has 26 heavy (non-hydrogen) atoms. The van der Waals surface area contributed by atoms with Crippen molar-refractivity contribution < 1.29 is 19.4 Å². The lowest BCUT2D eigenvalue weighted by Gasteiger charge is -2.22. The SMILES string of the molecule is CC(C)(C)n1nc([C@H]2C[C@@H](O)CO2)cc1NC(=O)OCc1ccccc1. The van der Waals surface area contributed by atoms with Gasteiger partial charge in [-0.15, -0.1) is 0 Å². The van der Waals surface area contributed by atoms with Crippen LogP contribution in [0.1, 0.15) is 44.6 Å². The zero-order chi connectivity index (χ0) is 18.7. The monoisotopic (exact) mass is 359 g/mol. The summed E-state index contributed by atoms with van der Waals surface area (Å²) >= 11 is 0. The fraction of sp³-hybridized carbons (Fsp3) is 0.474. The molecule has 0 spiro atoms. The zero-order valence-corrected chi connectivity index (χ0v) is 15.3. The van der Waals surface area contributed by atoms with Gasteiger partial charge in [-0.3, -0.25) is 5.32 Å². The third kappa shape index (κ3) is 4.42. The molecule has 3 rings (SSSR count). The minimum absolute atomic E-state index is 0.196. The predicted octanol–water partition coefficient (Wildman–Crippen LogP) is 3.21. The Morgan fingerprint density at radius 3 is 2.73 bits per heavy atom. The average molecular weight is 359 g/mol. The number of rotatable bonds is 4. The first kappa shape index (κ1) is 18.4. The van der Waals surface area contributed by atoms with Gasteiger partial charge in [0, 0.05) is 12.5 Å². The van der Waals surface area contributed by atoms with Crippen LogP contribution in [0.25, 0.3) is 0 Å². The Hall–Kier alpha value is -2.38. The fourth-order valence-electron chi connectivity index (χ4n) is 2.84. The third-order valence-electron chi connectivity index (χ3n) is 4.11. The Kier molecular flexibility index (Phi) is 5.29. The van der Waals surface area contributed by atoms with E-state index in [1.54, 1.807) is 10.7 Å². The van der Waals surface area contributed by atoms with Crippen molar-refractivity contribution in [2.24, 2.45) is 0 Å². The number of hydrogen-bond acceptors (Lipinski definition) is 5. The summed E-state index contributed by atoms with van der Waals surface area (Å²) in [6.45, 7) is 6.48. The van der Waals surface area contributed by atoms with Gasteiger partial charge >= 0.3 is 6.09 Å². The topological polar surface area (TPSA) is 85.6 Å². The summed E-state index contributed by atoms with van der Waals surface area (Å²) < 4.78 is 12.6. The number of carbonyl (C=O) groups excluding carboxylic acids is 1. The molecule has 1 fully saturated rings. The second-order valence-corrected chi connectivity index (χ2v) is 7.44. The molecule has 2 aromatic rings. The van der Waals surface area contributed by atoms with Crippen molar-refractivity contribution in [2.45, 2.75) is 51.5 Å². The van der Waals surface area contributed by atoms with Crippen LogP contribution in [-0.2, 0) is 21.6 Å². The molecule has 0 radical (unpaired) electrons. The molecule has 1 aliphatic rings. The van der Waals surface area contributed by atoms with E-state index in [1.807, 2.05) is 51.1 Å². The number of nitrogens with one attached hydrogen (secondary N) is 1. The van der Waals surface area contributed by atoms with E-state index in [2.05, 4.69) is 10.4 Å². The van der Waals surface area contributed by atoms with E-state index in [0.29, 0.717) is 24.5 Å². The van der Waals surface area contributed by atoms with E-state index in [9.17, 15) is 9.90 Å². The highest BCUT2D eigenvalue weighted by molar-refractivity contribution is 5.83. The Bertz CT molecular complexity index is 752. The van der Waals surface area contributed by atoms with Gasteiger partial charge in [0.15, 0.2) is 0 Å². The highest BCUT2D eigenvalue weighted by Crippen LogP contribution is 2.31. The molecule has 1 saturated heterocycles. The molecule has 7 heteroatoms. The first-order valence-corrected chi connectivity index (χ1v) is 8.71. The number of ether oxygens (including phenoxy) is 2. The van der Waals surface area contributed by atoms with Crippen LogP contribution < -0.4 is 5.32 Å². The van der Waals surface area contributed by atoms with E-state index < -0.39 is 12.2 Å². The maximum absolute atomic E-state index is 12.2. The van der Waals surface area contributed by atoms with Crippen molar-refractivity contribution in [3.63, 3.8) is 0 Å². The molecule has 2 atom stereocenters. The van der Waals surface area contributed by atoms with E-state index in [1.165, 1.54) is 0 Å². The van der Waals surface area contributed by atoms with E-state index in [0.717, 1.165) is 5.56 Å². The van der Waals surface area contributed by atoms with E-state index >= 15 is 0 Å². The quantitative estimate of drug-likeness (QED) is 0.875. The molecule has 0 unspecified atom stereocenters.